The van der Waals surface area contributed by atoms with Gasteiger partial charge in [-0.2, -0.15) is 0 Å². The van der Waals surface area contributed by atoms with Crippen LogP contribution in [0.3, 0.4) is 0 Å². The Morgan fingerprint density at radius 3 is 2.14 bits per heavy atom. The Morgan fingerprint density at radius 1 is 1.00 bits per heavy atom. The van der Waals surface area contributed by atoms with Gasteiger partial charge in [0.25, 0.3) is 5.91 Å². The summed E-state index contributed by atoms with van der Waals surface area (Å²) >= 11 is 0. The maximum absolute atomic E-state index is 12.4. The average Bonchev–Trinajstić information content (AvgIpc) is 2.57. The molecule has 0 bridgehead atoms. The van der Waals surface area contributed by atoms with Crippen LogP contribution in [0.2, 0.25) is 0 Å². The number of benzene rings is 1. The number of nitrogens with one attached hydrogen (secondary N) is 2. The summed E-state index contributed by atoms with van der Waals surface area (Å²) in [6.07, 6.45) is 1.86. The molecule has 6 nitrogen and oxygen atoms in total. The third-order valence-corrected chi connectivity index (χ3v) is 4.18. The topological polar surface area (TPSA) is 95.5 Å². The van der Waals surface area contributed by atoms with Crippen molar-refractivity contribution < 1.29 is 19.5 Å². The van der Waals surface area contributed by atoms with Crippen LogP contribution in [-0.2, 0) is 4.79 Å². The van der Waals surface area contributed by atoms with Gasteiger partial charge in [0.1, 0.15) is 6.04 Å². The van der Waals surface area contributed by atoms with Gasteiger partial charge in [-0.3, -0.25) is 19.7 Å². The van der Waals surface area contributed by atoms with Crippen LogP contribution in [0, 0.1) is 5.41 Å². The van der Waals surface area contributed by atoms with Crippen LogP contribution in [-0.4, -0.2) is 40.9 Å². The summed E-state index contributed by atoms with van der Waals surface area (Å²) in [4.78, 5) is 36.0. The quantitative estimate of drug-likeness (QED) is 0.442. The zero-order valence-electron chi connectivity index (χ0n) is 17.9. The first-order valence-electron chi connectivity index (χ1n) is 9.75. The predicted octanol–water partition coefficient (Wildman–Crippen LogP) is 3.66. The van der Waals surface area contributed by atoms with Gasteiger partial charge in [-0.1, -0.05) is 32.9 Å². The van der Waals surface area contributed by atoms with Crippen molar-refractivity contribution >= 4 is 17.7 Å². The van der Waals surface area contributed by atoms with Crippen LogP contribution in [0.1, 0.15) is 81.5 Å². The van der Waals surface area contributed by atoms with Crippen LogP contribution >= 0.6 is 0 Å². The normalized spacial score (nSPS) is 13.1. The van der Waals surface area contributed by atoms with Gasteiger partial charge in [-0.05, 0) is 52.2 Å². The molecule has 0 aliphatic carbocycles. The highest BCUT2D eigenvalue weighted by atomic mass is 16.4. The fourth-order valence-electron chi connectivity index (χ4n) is 2.79. The Morgan fingerprint density at radius 2 is 1.61 bits per heavy atom. The third kappa shape index (κ3) is 8.21. The molecule has 0 fully saturated rings. The molecule has 1 atom stereocenters. The molecule has 0 aliphatic heterocycles. The highest BCUT2D eigenvalue weighted by Crippen LogP contribution is 2.21. The molecule has 0 saturated carbocycles. The van der Waals surface area contributed by atoms with Crippen LogP contribution < -0.4 is 10.6 Å². The molecule has 0 heterocycles. The highest BCUT2D eigenvalue weighted by Gasteiger charge is 2.24. The second kappa shape index (κ2) is 9.82. The predicted molar refractivity (Wildman–Crippen MR) is 111 cm³/mol. The summed E-state index contributed by atoms with van der Waals surface area (Å²) in [6, 6.07) is 6.14. The van der Waals surface area contributed by atoms with E-state index < -0.39 is 17.4 Å². The first-order valence-corrected chi connectivity index (χ1v) is 9.75. The van der Waals surface area contributed by atoms with E-state index in [1.807, 2.05) is 41.5 Å². The zero-order valence-corrected chi connectivity index (χ0v) is 17.9. The Balaban J connectivity index is 2.51. The molecule has 1 rings (SSSR count). The summed E-state index contributed by atoms with van der Waals surface area (Å²) in [5, 5.41) is 15.2. The molecule has 3 N–H and O–H groups in total. The summed E-state index contributed by atoms with van der Waals surface area (Å²) in [5.41, 5.74) is 0.203. The van der Waals surface area contributed by atoms with Crippen LogP contribution in [0.25, 0.3) is 0 Å². The number of aliphatic carboxylic acids is 1. The van der Waals surface area contributed by atoms with Crippen molar-refractivity contribution in [3.8, 4) is 0 Å². The van der Waals surface area contributed by atoms with Gasteiger partial charge in [0, 0.05) is 28.6 Å². The third-order valence-electron chi connectivity index (χ3n) is 4.18. The van der Waals surface area contributed by atoms with Crippen LogP contribution in [0.5, 0.6) is 0 Å². The molecule has 0 aliphatic rings. The lowest BCUT2D eigenvalue weighted by atomic mass is 9.86. The molecule has 28 heavy (non-hydrogen) atoms. The van der Waals surface area contributed by atoms with E-state index in [2.05, 4.69) is 10.6 Å². The second-order valence-electron chi connectivity index (χ2n) is 9.20. The number of carboxylic acids is 1. The maximum atomic E-state index is 12.4. The number of ketones is 1. The monoisotopic (exact) mass is 390 g/mol. The standard InChI is InChI=1S/C22H34N2O4/c1-21(2,3)18(25)15-10-9-11-16(14-15)19(26)23-13-8-7-12-17(20(27)28)24-22(4,5)6/h9-11,14,17,24H,7-8,12-13H2,1-6H3,(H,23,26)(H,27,28). The molecule has 156 valence electrons. The number of carbonyl (C=O) groups excluding carboxylic acids is 2. The molecule has 1 amide bonds. The number of carboxylic acid groups (broad SMARTS) is 1. The highest BCUT2D eigenvalue weighted by molar-refractivity contribution is 6.02. The van der Waals surface area contributed by atoms with Crippen LogP contribution in [0.15, 0.2) is 24.3 Å². The van der Waals surface area contributed by atoms with E-state index in [0.29, 0.717) is 36.9 Å². The average molecular weight is 391 g/mol. The van der Waals surface area contributed by atoms with Crippen molar-refractivity contribution in [3.63, 3.8) is 0 Å². The van der Waals surface area contributed by atoms with E-state index in [1.54, 1.807) is 24.3 Å². The molecule has 1 aromatic carbocycles. The van der Waals surface area contributed by atoms with Gasteiger partial charge in [0.15, 0.2) is 5.78 Å². The lowest BCUT2D eigenvalue weighted by Gasteiger charge is -2.26. The minimum absolute atomic E-state index is 0.00629. The lowest BCUT2D eigenvalue weighted by Crippen LogP contribution is -2.47. The van der Waals surface area contributed by atoms with E-state index in [0.717, 1.165) is 0 Å². The Kier molecular flexibility index (Phi) is 8.36. The van der Waals surface area contributed by atoms with E-state index in [1.165, 1.54) is 0 Å². The summed E-state index contributed by atoms with van der Waals surface area (Å²) in [7, 11) is 0. The number of amides is 1. The molecule has 0 radical (unpaired) electrons. The molecule has 0 spiro atoms. The molecule has 1 unspecified atom stereocenters. The zero-order chi connectivity index (χ0) is 21.5. The van der Waals surface area contributed by atoms with Gasteiger partial charge in [0.2, 0.25) is 0 Å². The van der Waals surface area contributed by atoms with Gasteiger partial charge < -0.3 is 10.4 Å². The minimum atomic E-state index is -0.862. The van der Waals surface area contributed by atoms with Crippen molar-refractivity contribution in [2.45, 2.75) is 72.4 Å². The van der Waals surface area contributed by atoms with Crippen molar-refractivity contribution in [3.05, 3.63) is 35.4 Å². The van der Waals surface area contributed by atoms with Gasteiger partial charge in [0.05, 0.1) is 0 Å². The smallest absolute Gasteiger partial charge is 0.320 e. The Hall–Kier alpha value is -2.21. The lowest BCUT2D eigenvalue weighted by molar-refractivity contribution is -0.140. The van der Waals surface area contributed by atoms with E-state index in [-0.39, 0.29) is 17.2 Å². The van der Waals surface area contributed by atoms with Gasteiger partial charge >= 0.3 is 5.97 Å². The van der Waals surface area contributed by atoms with E-state index >= 15 is 0 Å². The number of hydrogen-bond acceptors (Lipinski definition) is 4. The second-order valence-corrected chi connectivity index (χ2v) is 9.20. The number of Topliss-reactive ketones (excluding diaryl/α,β-unsaturated/α-hetero) is 1. The van der Waals surface area contributed by atoms with Gasteiger partial charge in [-0.25, -0.2) is 0 Å². The van der Waals surface area contributed by atoms with E-state index in [9.17, 15) is 19.5 Å². The number of unbranched alkanes of at least 4 members (excludes halogenated alkanes) is 1. The largest absolute Gasteiger partial charge is 0.480 e. The maximum Gasteiger partial charge on any atom is 0.320 e. The molecule has 6 heteroatoms. The Bertz CT molecular complexity index is 699. The SMILES string of the molecule is CC(C)(C)NC(CCCCNC(=O)c1cccc(C(=O)C(C)(C)C)c1)C(=O)O. The first kappa shape index (κ1) is 23.8. The molecule has 1 aromatic rings. The van der Waals surface area contributed by atoms with E-state index in [4.69, 9.17) is 0 Å². The van der Waals surface area contributed by atoms with Gasteiger partial charge in [-0.15, -0.1) is 0 Å². The number of carbonyl (C=O) groups is 3. The fraction of sp³-hybridized carbons (Fsp3) is 0.591. The summed E-state index contributed by atoms with van der Waals surface area (Å²) in [6.45, 7) is 11.8. The van der Waals surface area contributed by atoms with Crippen molar-refractivity contribution in [1.82, 2.24) is 10.6 Å². The number of rotatable bonds is 9. The molecule has 0 aromatic heterocycles. The summed E-state index contributed by atoms with van der Waals surface area (Å²) < 4.78 is 0. The summed E-state index contributed by atoms with van der Waals surface area (Å²) in [5.74, 6) is -1.10. The Labute approximate surface area is 168 Å². The first-order chi connectivity index (χ1) is 12.8. The molecule has 0 saturated heterocycles. The van der Waals surface area contributed by atoms with Crippen molar-refractivity contribution in [2.24, 2.45) is 5.41 Å². The van der Waals surface area contributed by atoms with Crippen molar-refractivity contribution in [1.29, 1.82) is 0 Å². The minimum Gasteiger partial charge on any atom is -0.480 e. The molecular weight excluding hydrogens is 356 g/mol. The molecular formula is C22H34N2O4. The fourth-order valence-corrected chi connectivity index (χ4v) is 2.79. The number of hydrogen-bond donors (Lipinski definition) is 3. The van der Waals surface area contributed by atoms with Crippen molar-refractivity contribution in [2.75, 3.05) is 6.54 Å². The van der Waals surface area contributed by atoms with Crippen LogP contribution in [0.4, 0.5) is 0 Å².